The Morgan fingerprint density at radius 3 is 2.95 bits per heavy atom. The first-order valence-electron chi connectivity index (χ1n) is 7.52. The summed E-state index contributed by atoms with van der Waals surface area (Å²) in [7, 11) is 1.82. The van der Waals surface area contributed by atoms with Crippen LogP contribution in [0.5, 0.6) is 0 Å². The predicted octanol–water partition coefficient (Wildman–Crippen LogP) is 1.89. The van der Waals surface area contributed by atoms with E-state index in [0.29, 0.717) is 17.1 Å². The molecule has 3 atom stereocenters. The zero-order chi connectivity index (χ0) is 14.8. The van der Waals surface area contributed by atoms with Gasteiger partial charge in [-0.15, -0.1) is 0 Å². The first-order chi connectivity index (χ1) is 10.2. The fourth-order valence-corrected chi connectivity index (χ4v) is 2.98. The van der Waals surface area contributed by atoms with Crippen molar-refractivity contribution < 1.29 is 0 Å². The third-order valence-corrected chi connectivity index (χ3v) is 4.52. The summed E-state index contributed by atoms with van der Waals surface area (Å²) < 4.78 is 0. The molecule has 0 amide bonds. The molecule has 3 rings (SSSR count). The van der Waals surface area contributed by atoms with Gasteiger partial charge in [-0.05, 0) is 30.9 Å². The summed E-state index contributed by atoms with van der Waals surface area (Å²) in [5.41, 5.74) is 0. The highest BCUT2D eigenvalue weighted by Crippen LogP contribution is 2.29. The maximum absolute atomic E-state index is 6.22. The number of aromatic nitrogens is 1. The minimum absolute atomic E-state index is 0.378. The fourth-order valence-electron chi connectivity index (χ4n) is 2.74. The third kappa shape index (κ3) is 3.40. The molecule has 5 nitrogen and oxygen atoms in total. The number of guanidine groups is 1. The maximum Gasteiger partial charge on any atom is 0.191 e. The van der Waals surface area contributed by atoms with E-state index in [2.05, 4.69) is 32.4 Å². The van der Waals surface area contributed by atoms with E-state index < -0.39 is 0 Å². The van der Waals surface area contributed by atoms with Crippen molar-refractivity contribution in [3.8, 4) is 0 Å². The number of pyridine rings is 1. The van der Waals surface area contributed by atoms with Gasteiger partial charge >= 0.3 is 0 Å². The highest BCUT2D eigenvalue weighted by Gasteiger charge is 2.34. The molecule has 114 valence electrons. The SMILES string of the molecule is CN=C(NC1CCN(c2ncccc2Cl)C1)NC1CC1C. The quantitative estimate of drug-likeness (QED) is 0.661. The van der Waals surface area contributed by atoms with Crippen molar-refractivity contribution in [3.63, 3.8) is 0 Å². The predicted molar refractivity (Wildman–Crippen MR) is 87.1 cm³/mol. The van der Waals surface area contributed by atoms with Gasteiger partial charge in [0.15, 0.2) is 5.96 Å². The zero-order valence-electron chi connectivity index (χ0n) is 12.5. The molecule has 6 heteroatoms. The van der Waals surface area contributed by atoms with Crippen LogP contribution in [-0.4, -0.2) is 43.2 Å². The van der Waals surface area contributed by atoms with Crippen LogP contribution in [0.3, 0.4) is 0 Å². The molecule has 0 radical (unpaired) electrons. The van der Waals surface area contributed by atoms with Crippen LogP contribution in [0, 0.1) is 5.92 Å². The van der Waals surface area contributed by atoms with Gasteiger partial charge in [0.25, 0.3) is 0 Å². The van der Waals surface area contributed by atoms with Crippen LogP contribution in [0.4, 0.5) is 5.82 Å². The Morgan fingerprint density at radius 2 is 2.29 bits per heavy atom. The molecule has 0 spiro atoms. The third-order valence-electron chi connectivity index (χ3n) is 4.22. The van der Waals surface area contributed by atoms with Crippen LogP contribution in [0.25, 0.3) is 0 Å². The molecule has 1 saturated carbocycles. The average molecular weight is 308 g/mol. The monoisotopic (exact) mass is 307 g/mol. The minimum atomic E-state index is 0.378. The van der Waals surface area contributed by atoms with Crippen LogP contribution in [0.15, 0.2) is 23.3 Å². The molecule has 2 aliphatic rings. The van der Waals surface area contributed by atoms with Crippen molar-refractivity contribution in [2.24, 2.45) is 10.9 Å². The summed E-state index contributed by atoms with van der Waals surface area (Å²) in [5, 5.41) is 7.68. The van der Waals surface area contributed by atoms with Crippen molar-refractivity contribution in [2.75, 3.05) is 25.0 Å². The molecule has 1 saturated heterocycles. The molecular weight excluding hydrogens is 286 g/mol. The topological polar surface area (TPSA) is 52.6 Å². The number of halogens is 1. The second-order valence-electron chi connectivity index (χ2n) is 5.92. The molecule has 2 fully saturated rings. The van der Waals surface area contributed by atoms with Crippen LogP contribution < -0.4 is 15.5 Å². The van der Waals surface area contributed by atoms with Gasteiger partial charge in [0.2, 0.25) is 0 Å². The van der Waals surface area contributed by atoms with Gasteiger partial charge in [-0.3, -0.25) is 4.99 Å². The minimum Gasteiger partial charge on any atom is -0.353 e. The average Bonchev–Trinajstić information content (AvgIpc) is 2.99. The van der Waals surface area contributed by atoms with E-state index in [1.54, 1.807) is 6.20 Å². The van der Waals surface area contributed by atoms with Crippen LogP contribution >= 0.6 is 11.6 Å². The zero-order valence-corrected chi connectivity index (χ0v) is 13.3. The molecule has 2 N–H and O–H groups in total. The summed E-state index contributed by atoms with van der Waals surface area (Å²) in [6, 6.07) is 4.71. The Morgan fingerprint density at radius 1 is 1.48 bits per heavy atom. The Kier molecular flexibility index (Phi) is 4.19. The van der Waals surface area contributed by atoms with Gasteiger partial charge in [-0.1, -0.05) is 18.5 Å². The Balaban J connectivity index is 1.56. The lowest BCUT2D eigenvalue weighted by Gasteiger charge is -2.20. The standard InChI is InChI=1S/C15H22ClN5/c1-10-8-13(10)20-15(17-2)19-11-5-7-21(9-11)14-12(16)4-3-6-18-14/h3-4,6,10-11,13H,5,7-9H2,1-2H3,(H2,17,19,20). The normalized spacial score (nSPS) is 28.6. The number of anilines is 1. The highest BCUT2D eigenvalue weighted by atomic mass is 35.5. The van der Waals surface area contributed by atoms with Gasteiger partial charge in [0.05, 0.1) is 5.02 Å². The first kappa shape index (κ1) is 14.4. The maximum atomic E-state index is 6.22. The van der Waals surface area contributed by atoms with E-state index in [-0.39, 0.29) is 0 Å². The highest BCUT2D eigenvalue weighted by molar-refractivity contribution is 6.32. The Hall–Kier alpha value is -1.49. The number of nitrogens with zero attached hydrogens (tertiary/aromatic N) is 3. The second kappa shape index (κ2) is 6.10. The smallest absolute Gasteiger partial charge is 0.191 e. The Bertz CT molecular complexity index is 533. The summed E-state index contributed by atoms with van der Waals surface area (Å²) in [4.78, 5) is 10.9. The van der Waals surface area contributed by atoms with Gasteiger partial charge in [0.1, 0.15) is 5.82 Å². The molecular formula is C15H22ClN5. The summed E-state index contributed by atoms with van der Waals surface area (Å²) in [5.74, 6) is 2.54. The Labute approximate surface area is 130 Å². The van der Waals surface area contributed by atoms with E-state index in [1.807, 2.05) is 19.2 Å². The van der Waals surface area contributed by atoms with Gasteiger partial charge in [0, 0.05) is 38.4 Å². The van der Waals surface area contributed by atoms with Crippen LogP contribution in [-0.2, 0) is 0 Å². The molecule has 1 aliphatic heterocycles. The van der Waals surface area contributed by atoms with E-state index in [0.717, 1.165) is 37.2 Å². The van der Waals surface area contributed by atoms with E-state index in [4.69, 9.17) is 11.6 Å². The molecule has 1 aromatic heterocycles. The lowest BCUT2D eigenvalue weighted by atomic mass is 10.3. The van der Waals surface area contributed by atoms with Crippen molar-refractivity contribution in [3.05, 3.63) is 23.4 Å². The number of hydrogen-bond donors (Lipinski definition) is 2. The second-order valence-corrected chi connectivity index (χ2v) is 6.33. The van der Waals surface area contributed by atoms with Crippen LogP contribution in [0.1, 0.15) is 19.8 Å². The van der Waals surface area contributed by atoms with Crippen molar-refractivity contribution in [2.45, 2.75) is 31.8 Å². The molecule has 2 heterocycles. The number of nitrogens with one attached hydrogen (secondary N) is 2. The summed E-state index contributed by atoms with van der Waals surface area (Å²) in [6.45, 7) is 4.12. The van der Waals surface area contributed by atoms with E-state index in [1.165, 1.54) is 6.42 Å². The molecule has 1 aromatic rings. The molecule has 3 unspecified atom stereocenters. The van der Waals surface area contributed by atoms with Crippen molar-refractivity contribution in [1.82, 2.24) is 15.6 Å². The number of aliphatic imine (C=N–C) groups is 1. The summed E-state index contributed by atoms with van der Waals surface area (Å²) in [6.07, 6.45) is 4.09. The van der Waals surface area contributed by atoms with Gasteiger partial charge < -0.3 is 15.5 Å². The van der Waals surface area contributed by atoms with Crippen molar-refractivity contribution in [1.29, 1.82) is 0 Å². The number of rotatable bonds is 3. The summed E-state index contributed by atoms with van der Waals surface area (Å²) >= 11 is 6.22. The van der Waals surface area contributed by atoms with E-state index >= 15 is 0 Å². The van der Waals surface area contributed by atoms with E-state index in [9.17, 15) is 0 Å². The lowest BCUT2D eigenvalue weighted by molar-refractivity contribution is 0.643. The van der Waals surface area contributed by atoms with Crippen molar-refractivity contribution >= 4 is 23.4 Å². The number of hydrogen-bond acceptors (Lipinski definition) is 3. The lowest BCUT2D eigenvalue weighted by Crippen LogP contribution is -2.45. The first-order valence-corrected chi connectivity index (χ1v) is 7.90. The van der Waals surface area contributed by atoms with Gasteiger partial charge in [-0.2, -0.15) is 0 Å². The van der Waals surface area contributed by atoms with Gasteiger partial charge in [-0.25, -0.2) is 4.98 Å². The largest absolute Gasteiger partial charge is 0.353 e. The molecule has 0 aromatic carbocycles. The molecule has 1 aliphatic carbocycles. The molecule has 0 bridgehead atoms. The molecule has 21 heavy (non-hydrogen) atoms. The fraction of sp³-hybridized carbons (Fsp3) is 0.600. The van der Waals surface area contributed by atoms with Crippen LogP contribution in [0.2, 0.25) is 5.02 Å².